The van der Waals surface area contributed by atoms with Gasteiger partial charge in [-0.2, -0.15) is 0 Å². The van der Waals surface area contributed by atoms with Crippen molar-refractivity contribution >= 4 is 5.84 Å². The molecule has 0 aliphatic carbocycles. The first-order chi connectivity index (χ1) is 8.90. The highest BCUT2D eigenvalue weighted by molar-refractivity contribution is 5.82. The van der Waals surface area contributed by atoms with Crippen LogP contribution in [0.25, 0.3) is 0 Å². The third-order valence-electron chi connectivity index (χ3n) is 3.28. The fourth-order valence-electron chi connectivity index (χ4n) is 2.24. The predicted octanol–water partition coefficient (Wildman–Crippen LogP) is 2.90. The van der Waals surface area contributed by atoms with Gasteiger partial charge in [0, 0.05) is 26.6 Å². The van der Waals surface area contributed by atoms with Crippen molar-refractivity contribution < 1.29 is 4.74 Å². The Balaban J connectivity index is 1.94. The Morgan fingerprint density at radius 2 is 2.00 bits per heavy atom. The highest BCUT2D eigenvalue weighted by Gasteiger charge is 2.05. The number of ether oxygens (including phenoxy) is 1. The van der Waals surface area contributed by atoms with Crippen molar-refractivity contribution in [3.8, 4) is 0 Å². The molecule has 1 aromatic rings. The van der Waals surface area contributed by atoms with Crippen LogP contribution in [-0.4, -0.2) is 19.5 Å². The minimum Gasteiger partial charge on any atom is -0.380 e. The second kappa shape index (κ2) is 7.17. The molecule has 0 saturated carbocycles. The van der Waals surface area contributed by atoms with E-state index >= 15 is 0 Å². The molecular weight excluding hydrogens is 224 g/mol. The third-order valence-corrected chi connectivity index (χ3v) is 3.28. The van der Waals surface area contributed by atoms with Gasteiger partial charge in [-0.3, -0.25) is 4.99 Å². The van der Waals surface area contributed by atoms with E-state index in [9.17, 15) is 0 Å². The Morgan fingerprint density at radius 3 is 2.83 bits per heavy atom. The Kier molecular flexibility index (Phi) is 5.21. The summed E-state index contributed by atoms with van der Waals surface area (Å²) < 4.78 is 5.22. The van der Waals surface area contributed by atoms with Crippen LogP contribution in [0, 0.1) is 0 Å². The van der Waals surface area contributed by atoms with Gasteiger partial charge in [-0.1, -0.05) is 30.7 Å². The molecule has 0 saturated heterocycles. The molecule has 2 rings (SSSR count). The van der Waals surface area contributed by atoms with Crippen LogP contribution in [0.15, 0.2) is 29.3 Å². The minimum absolute atomic E-state index is 0.671. The van der Waals surface area contributed by atoms with Gasteiger partial charge < -0.3 is 10.1 Å². The van der Waals surface area contributed by atoms with Gasteiger partial charge in [0.15, 0.2) is 0 Å². The molecule has 1 aliphatic heterocycles. The lowest BCUT2D eigenvalue weighted by molar-refractivity contribution is 0.184. The van der Waals surface area contributed by atoms with Crippen molar-refractivity contribution in [1.29, 1.82) is 0 Å². The molecule has 1 aromatic carbocycles. The number of benzene rings is 1. The lowest BCUT2D eigenvalue weighted by Gasteiger charge is -2.12. The SMILES string of the molecule is COCc1ccccc1CNC1=NCCCCC1. The van der Waals surface area contributed by atoms with E-state index in [2.05, 4.69) is 34.6 Å². The molecule has 0 aromatic heterocycles. The topological polar surface area (TPSA) is 33.6 Å². The zero-order valence-electron chi connectivity index (χ0n) is 11.1. The quantitative estimate of drug-likeness (QED) is 0.886. The molecule has 98 valence electrons. The van der Waals surface area contributed by atoms with E-state index in [0.29, 0.717) is 6.61 Å². The van der Waals surface area contributed by atoms with E-state index in [0.717, 1.165) is 19.5 Å². The van der Waals surface area contributed by atoms with Gasteiger partial charge in [-0.15, -0.1) is 0 Å². The summed E-state index contributed by atoms with van der Waals surface area (Å²) in [5.41, 5.74) is 2.55. The number of rotatable bonds is 4. The average molecular weight is 246 g/mol. The van der Waals surface area contributed by atoms with Crippen LogP contribution in [-0.2, 0) is 17.9 Å². The molecular formula is C15H22N2O. The second-order valence-corrected chi connectivity index (χ2v) is 4.69. The molecule has 18 heavy (non-hydrogen) atoms. The van der Waals surface area contributed by atoms with Crippen LogP contribution in [0.2, 0.25) is 0 Å². The van der Waals surface area contributed by atoms with E-state index in [1.165, 1.54) is 36.2 Å². The van der Waals surface area contributed by atoms with Crippen LogP contribution in [0.5, 0.6) is 0 Å². The van der Waals surface area contributed by atoms with Crippen molar-refractivity contribution in [1.82, 2.24) is 5.32 Å². The number of aliphatic imine (C=N–C) groups is 1. The number of hydrogen-bond donors (Lipinski definition) is 1. The Bertz CT molecular complexity index is 401. The van der Waals surface area contributed by atoms with Gasteiger partial charge in [0.1, 0.15) is 0 Å². The summed E-state index contributed by atoms with van der Waals surface area (Å²) in [4.78, 5) is 4.59. The van der Waals surface area contributed by atoms with E-state index < -0.39 is 0 Å². The summed E-state index contributed by atoms with van der Waals surface area (Å²) in [6.07, 6.45) is 4.87. The normalized spacial score (nSPS) is 15.9. The van der Waals surface area contributed by atoms with Crippen molar-refractivity contribution in [2.45, 2.75) is 38.8 Å². The van der Waals surface area contributed by atoms with Crippen molar-refractivity contribution in [2.24, 2.45) is 4.99 Å². The highest BCUT2D eigenvalue weighted by atomic mass is 16.5. The molecule has 3 nitrogen and oxygen atoms in total. The van der Waals surface area contributed by atoms with Crippen molar-refractivity contribution in [3.63, 3.8) is 0 Å². The zero-order chi connectivity index (χ0) is 12.6. The molecule has 0 bridgehead atoms. The second-order valence-electron chi connectivity index (χ2n) is 4.69. The standard InChI is InChI=1S/C15H22N2O/c1-18-12-14-8-5-4-7-13(14)11-17-15-9-3-2-6-10-16-15/h4-5,7-8H,2-3,6,9-12H2,1H3,(H,16,17). The van der Waals surface area contributed by atoms with Crippen LogP contribution in [0.1, 0.15) is 36.8 Å². The molecule has 0 fully saturated rings. The lowest BCUT2D eigenvalue weighted by atomic mass is 10.1. The van der Waals surface area contributed by atoms with Gasteiger partial charge in [-0.25, -0.2) is 0 Å². The zero-order valence-corrected chi connectivity index (χ0v) is 11.1. The summed E-state index contributed by atoms with van der Waals surface area (Å²) in [7, 11) is 1.74. The van der Waals surface area contributed by atoms with Gasteiger partial charge in [0.2, 0.25) is 0 Å². The Hall–Kier alpha value is -1.35. The van der Waals surface area contributed by atoms with Crippen LogP contribution in [0.4, 0.5) is 0 Å². The molecule has 1 N–H and O–H groups in total. The minimum atomic E-state index is 0.671. The Morgan fingerprint density at radius 1 is 1.17 bits per heavy atom. The first kappa shape index (κ1) is 13.1. The van der Waals surface area contributed by atoms with Crippen LogP contribution < -0.4 is 5.32 Å². The maximum Gasteiger partial charge on any atom is 0.0965 e. The van der Waals surface area contributed by atoms with Gasteiger partial charge in [0.05, 0.1) is 12.4 Å². The molecule has 1 heterocycles. The Labute approximate surface area is 109 Å². The molecule has 0 spiro atoms. The molecule has 0 unspecified atom stereocenters. The first-order valence-electron chi connectivity index (χ1n) is 6.73. The summed E-state index contributed by atoms with van der Waals surface area (Å²) in [6.45, 7) is 2.49. The molecule has 0 amide bonds. The smallest absolute Gasteiger partial charge is 0.0965 e. The maximum absolute atomic E-state index is 5.22. The average Bonchev–Trinajstić information content (AvgIpc) is 2.67. The first-order valence-corrected chi connectivity index (χ1v) is 6.73. The summed E-state index contributed by atoms with van der Waals surface area (Å²) in [5.74, 6) is 1.17. The highest BCUT2D eigenvalue weighted by Crippen LogP contribution is 2.11. The summed E-state index contributed by atoms with van der Waals surface area (Å²) in [5, 5.41) is 3.47. The van der Waals surface area contributed by atoms with E-state index in [1.54, 1.807) is 7.11 Å². The fourth-order valence-corrected chi connectivity index (χ4v) is 2.24. The molecule has 1 aliphatic rings. The fraction of sp³-hybridized carbons (Fsp3) is 0.533. The molecule has 0 atom stereocenters. The van der Waals surface area contributed by atoms with Gasteiger partial charge in [-0.05, 0) is 24.0 Å². The number of hydrogen-bond acceptors (Lipinski definition) is 3. The van der Waals surface area contributed by atoms with Crippen molar-refractivity contribution in [3.05, 3.63) is 35.4 Å². The van der Waals surface area contributed by atoms with Gasteiger partial charge >= 0.3 is 0 Å². The number of methoxy groups -OCH3 is 1. The molecule has 3 heteroatoms. The summed E-state index contributed by atoms with van der Waals surface area (Å²) in [6, 6.07) is 8.40. The van der Waals surface area contributed by atoms with Crippen LogP contribution >= 0.6 is 0 Å². The number of nitrogens with one attached hydrogen (secondary N) is 1. The monoisotopic (exact) mass is 246 g/mol. The largest absolute Gasteiger partial charge is 0.380 e. The van der Waals surface area contributed by atoms with Gasteiger partial charge in [0.25, 0.3) is 0 Å². The van der Waals surface area contributed by atoms with E-state index in [4.69, 9.17) is 4.74 Å². The van der Waals surface area contributed by atoms with E-state index in [1.807, 2.05) is 0 Å². The predicted molar refractivity (Wildman–Crippen MR) is 74.8 cm³/mol. The summed E-state index contributed by atoms with van der Waals surface area (Å²) >= 11 is 0. The van der Waals surface area contributed by atoms with Crippen LogP contribution in [0.3, 0.4) is 0 Å². The number of nitrogens with zero attached hydrogens (tertiary/aromatic N) is 1. The third kappa shape index (κ3) is 3.84. The molecule has 0 radical (unpaired) electrons. The maximum atomic E-state index is 5.22. The lowest BCUT2D eigenvalue weighted by Crippen LogP contribution is -2.23. The van der Waals surface area contributed by atoms with E-state index in [-0.39, 0.29) is 0 Å². The number of amidine groups is 1. The van der Waals surface area contributed by atoms with Crippen molar-refractivity contribution in [2.75, 3.05) is 13.7 Å².